The molecular formula is C45H95KN4O14. The summed E-state index contributed by atoms with van der Waals surface area (Å²) in [6, 6.07) is -0.291. The van der Waals surface area contributed by atoms with Gasteiger partial charge in [0, 0.05) is 65.5 Å². The second-order valence-electron chi connectivity index (χ2n) is 13.6. The molecule has 19 heteroatoms. The average Bonchev–Trinajstić information content (AvgIpc) is 3.29. The monoisotopic (exact) mass is 955 g/mol. The van der Waals surface area contributed by atoms with Crippen molar-refractivity contribution >= 4 is 11.8 Å². The molecule has 0 spiro atoms. The number of rotatable bonds is 50. The van der Waals surface area contributed by atoms with Crippen LogP contribution in [0.5, 0.6) is 0 Å². The molecule has 0 aromatic heterocycles. The predicted octanol–water partition coefficient (Wildman–Crippen LogP) is 1.06. The van der Waals surface area contributed by atoms with Crippen molar-refractivity contribution in [3.63, 3.8) is 0 Å². The molecule has 2 amide bonds. The Labute approximate surface area is 432 Å². The van der Waals surface area contributed by atoms with E-state index in [0.29, 0.717) is 144 Å². The summed E-state index contributed by atoms with van der Waals surface area (Å²) in [6.07, 6.45) is 2.44. The Morgan fingerprint density at radius 3 is 1.16 bits per heavy atom. The standard InChI is InChI=1S/C41H83N4O14.2C2H6.K/c1-5-14-48-22-28-54-32-26-52-20-12-44-40(46)8-16-58-36-39(43-11-19-51-25-31-57-35-34-56-30-24-50-18-10-42-6-2)37-59-17-9-41(47)45-13-21-53-27-33-55-29-23-49-15-7-38(3)4;2*1-2;/h38-39,42H,5-37H2,1-4H3,(H,44,46)(H,45,47);2*1-2H3;/q-1;;;+1. The van der Waals surface area contributed by atoms with E-state index in [9.17, 15) is 9.59 Å². The first-order chi connectivity index (χ1) is 31.0. The number of nitrogens with one attached hydrogen (secondary N) is 3. The van der Waals surface area contributed by atoms with Crippen molar-refractivity contribution in [2.75, 3.05) is 191 Å². The van der Waals surface area contributed by atoms with Crippen LogP contribution < -0.4 is 67.3 Å². The van der Waals surface area contributed by atoms with Gasteiger partial charge in [0.1, 0.15) is 0 Å². The molecule has 0 radical (unpaired) electrons. The van der Waals surface area contributed by atoms with E-state index in [1.807, 2.05) is 27.7 Å². The van der Waals surface area contributed by atoms with Gasteiger partial charge < -0.3 is 78.1 Å². The van der Waals surface area contributed by atoms with E-state index in [1.165, 1.54) is 0 Å². The van der Waals surface area contributed by atoms with Gasteiger partial charge in [0.05, 0.1) is 126 Å². The zero-order chi connectivity index (χ0) is 47.0. The maximum atomic E-state index is 12.3. The molecule has 18 nitrogen and oxygen atoms in total. The van der Waals surface area contributed by atoms with Gasteiger partial charge in [0.25, 0.3) is 0 Å². The molecule has 0 aliphatic carbocycles. The summed E-state index contributed by atoms with van der Waals surface area (Å²) in [6.45, 7) is 30.9. The number of carbonyl (C=O) groups excluding carboxylic acids is 2. The maximum Gasteiger partial charge on any atom is 1.00 e. The molecule has 0 saturated carbocycles. The topological polar surface area (TPSA) is 195 Å². The van der Waals surface area contributed by atoms with Gasteiger partial charge in [-0.25, -0.2) is 0 Å². The van der Waals surface area contributed by atoms with Crippen molar-refractivity contribution in [1.82, 2.24) is 16.0 Å². The van der Waals surface area contributed by atoms with E-state index in [2.05, 4.69) is 49.0 Å². The number of nitrogens with zero attached hydrogens (tertiary/aromatic N) is 1. The number of amides is 2. The van der Waals surface area contributed by atoms with Crippen LogP contribution in [0.2, 0.25) is 0 Å². The fourth-order valence-electron chi connectivity index (χ4n) is 4.55. The first-order valence-electron chi connectivity index (χ1n) is 23.8. The van der Waals surface area contributed by atoms with Crippen LogP contribution in [-0.2, 0) is 66.4 Å². The second kappa shape index (κ2) is 65.1. The minimum absolute atomic E-state index is 0. The van der Waals surface area contributed by atoms with E-state index < -0.39 is 0 Å². The Bertz CT molecular complexity index is 878. The van der Waals surface area contributed by atoms with E-state index in [1.54, 1.807) is 0 Å². The van der Waals surface area contributed by atoms with Gasteiger partial charge in [-0.15, -0.1) is 6.54 Å². The van der Waals surface area contributed by atoms with Crippen LogP contribution in [0.3, 0.4) is 0 Å². The Kier molecular flexibility index (Phi) is 71.8. The van der Waals surface area contributed by atoms with E-state index in [-0.39, 0.29) is 109 Å². The zero-order valence-corrected chi connectivity index (χ0v) is 45.3. The Morgan fingerprint density at radius 2 is 0.781 bits per heavy atom. The molecule has 1 atom stereocenters. The number of likely N-dealkylation sites (N-methyl/N-ethyl adjacent to an activating group) is 1. The molecule has 0 bridgehead atoms. The number of hydrogen-bond acceptors (Lipinski definition) is 15. The second-order valence-corrected chi connectivity index (χ2v) is 13.6. The Balaban J connectivity index is -0.00000349. The molecule has 3 N–H and O–H groups in total. The fourth-order valence-corrected chi connectivity index (χ4v) is 4.55. The van der Waals surface area contributed by atoms with Crippen LogP contribution in [0, 0.1) is 5.92 Å². The van der Waals surface area contributed by atoms with Gasteiger partial charge in [-0.1, -0.05) is 61.4 Å². The molecule has 0 heterocycles. The molecule has 0 aromatic carbocycles. The van der Waals surface area contributed by atoms with Crippen LogP contribution in [0.1, 0.15) is 81.1 Å². The molecule has 380 valence electrons. The molecular weight excluding hydrogens is 860 g/mol. The molecule has 64 heavy (non-hydrogen) atoms. The Morgan fingerprint density at radius 1 is 0.438 bits per heavy atom. The minimum Gasteiger partial charge on any atom is -0.654 e. The molecule has 1 unspecified atom stereocenters. The summed E-state index contributed by atoms with van der Waals surface area (Å²) in [5.41, 5.74) is 0. The summed E-state index contributed by atoms with van der Waals surface area (Å²) in [5, 5.41) is 13.5. The summed E-state index contributed by atoms with van der Waals surface area (Å²) in [7, 11) is 0. The fraction of sp³-hybridized carbons (Fsp3) is 0.956. The third-order valence-electron chi connectivity index (χ3n) is 7.79. The van der Waals surface area contributed by atoms with Gasteiger partial charge in [-0.3, -0.25) is 9.59 Å². The van der Waals surface area contributed by atoms with Crippen molar-refractivity contribution in [2.45, 2.75) is 87.1 Å². The first kappa shape index (κ1) is 70.6. The van der Waals surface area contributed by atoms with Crippen molar-refractivity contribution < 1.29 is 118 Å². The molecule has 0 rings (SSSR count). The van der Waals surface area contributed by atoms with Crippen molar-refractivity contribution in [3.8, 4) is 0 Å². The van der Waals surface area contributed by atoms with Crippen LogP contribution in [0.25, 0.3) is 5.32 Å². The molecule has 0 saturated heterocycles. The molecule has 0 aliphatic rings. The smallest absolute Gasteiger partial charge is 0.654 e. The predicted molar refractivity (Wildman–Crippen MR) is 248 cm³/mol. The Hall–Kier alpha value is 0.0164. The summed E-state index contributed by atoms with van der Waals surface area (Å²) < 4.78 is 66.6. The number of hydrogen-bond donors (Lipinski definition) is 3. The van der Waals surface area contributed by atoms with E-state index in [4.69, 9.17) is 56.8 Å². The third kappa shape index (κ3) is 64.1. The van der Waals surface area contributed by atoms with Crippen LogP contribution >= 0.6 is 0 Å². The normalized spacial score (nSPS) is 11.3. The third-order valence-corrected chi connectivity index (χ3v) is 7.79. The molecule has 0 aliphatic heterocycles. The SMILES string of the molecule is CC.CC.CCCOCCOCCOCCNC(=O)CCOCC(COCCC(=O)NCCOCCOCCOCCC(C)C)[N-]CCOCCOCCOCCOCCNCC.[K+]. The minimum atomic E-state index is -0.291. The first-order valence-corrected chi connectivity index (χ1v) is 23.8. The van der Waals surface area contributed by atoms with Crippen LogP contribution in [0.15, 0.2) is 0 Å². The summed E-state index contributed by atoms with van der Waals surface area (Å²) in [4.78, 5) is 24.5. The molecule has 0 fully saturated rings. The van der Waals surface area contributed by atoms with Gasteiger partial charge >= 0.3 is 51.4 Å². The number of carbonyl (C=O) groups is 2. The summed E-state index contributed by atoms with van der Waals surface area (Å²) >= 11 is 0. The number of ether oxygens (including phenoxy) is 12. The van der Waals surface area contributed by atoms with Gasteiger partial charge in [-0.2, -0.15) is 0 Å². The van der Waals surface area contributed by atoms with Crippen molar-refractivity contribution in [3.05, 3.63) is 5.32 Å². The zero-order valence-electron chi connectivity index (χ0n) is 42.2. The maximum absolute atomic E-state index is 12.3. The van der Waals surface area contributed by atoms with Crippen molar-refractivity contribution in [2.24, 2.45) is 5.92 Å². The quantitative estimate of drug-likeness (QED) is 0.0579. The van der Waals surface area contributed by atoms with Crippen molar-refractivity contribution in [1.29, 1.82) is 0 Å². The van der Waals surface area contributed by atoms with Gasteiger partial charge in [0.2, 0.25) is 11.8 Å². The van der Waals surface area contributed by atoms with E-state index in [0.717, 1.165) is 39.1 Å². The molecule has 0 aromatic rings. The largest absolute Gasteiger partial charge is 1.00 e. The van der Waals surface area contributed by atoms with Gasteiger partial charge in [-0.05, 0) is 25.3 Å². The van der Waals surface area contributed by atoms with Crippen LogP contribution in [0.4, 0.5) is 0 Å². The van der Waals surface area contributed by atoms with Gasteiger partial charge in [0.15, 0.2) is 0 Å². The van der Waals surface area contributed by atoms with E-state index >= 15 is 0 Å². The summed E-state index contributed by atoms with van der Waals surface area (Å²) in [5.74, 6) is 0.376. The van der Waals surface area contributed by atoms with Crippen LogP contribution in [-0.4, -0.2) is 209 Å². The average molecular weight is 955 g/mol.